The summed E-state index contributed by atoms with van der Waals surface area (Å²) >= 11 is 7.67. The van der Waals surface area contributed by atoms with E-state index in [9.17, 15) is 4.79 Å². The van der Waals surface area contributed by atoms with E-state index in [1.807, 2.05) is 28.8 Å². The van der Waals surface area contributed by atoms with Gasteiger partial charge < -0.3 is 4.74 Å². The van der Waals surface area contributed by atoms with Crippen molar-refractivity contribution in [3.8, 4) is 5.75 Å². The van der Waals surface area contributed by atoms with E-state index in [4.69, 9.17) is 21.3 Å². The molecule has 0 saturated carbocycles. The Labute approximate surface area is 192 Å². The van der Waals surface area contributed by atoms with Crippen molar-refractivity contribution in [3.63, 3.8) is 0 Å². The van der Waals surface area contributed by atoms with Crippen LogP contribution < -0.4 is 10.3 Å². The zero-order chi connectivity index (χ0) is 21.8. The largest absolute Gasteiger partial charge is 0.494 e. The first-order valence-electron chi connectivity index (χ1n) is 11.2. The van der Waals surface area contributed by atoms with Crippen molar-refractivity contribution >= 4 is 33.2 Å². The summed E-state index contributed by atoms with van der Waals surface area (Å²) in [6.45, 7) is 8.01. The van der Waals surface area contributed by atoms with E-state index in [-0.39, 0.29) is 5.56 Å². The van der Waals surface area contributed by atoms with E-state index in [0.717, 1.165) is 60.6 Å². The Kier molecular flexibility index (Phi) is 7.31. The van der Waals surface area contributed by atoms with Crippen LogP contribution in [0, 0.1) is 0 Å². The average molecular weight is 460 g/mol. The van der Waals surface area contributed by atoms with E-state index in [1.165, 1.54) is 16.9 Å². The molecule has 2 aromatic heterocycles. The molecule has 0 atom stereocenters. The maximum absolute atomic E-state index is 13.6. The standard InChI is InChI=1S/C24H30ClN3O2S/c1-3-27(4-2)16-21-26-23-22(19-8-5-6-9-20(19)31-23)24(29)28(21)14-7-15-30-18-12-10-17(25)11-13-18/h10-13H,3-9,14-16H2,1-2H3. The summed E-state index contributed by atoms with van der Waals surface area (Å²) in [5, 5.41) is 1.56. The van der Waals surface area contributed by atoms with Crippen molar-refractivity contribution in [2.24, 2.45) is 0 Å². The fourth-order valence-electron chi connectivity index (χ4n) is 4.22. The van der Waals surface area contributed by atoms with Crippen LogP contribution in [0.15, 0.2) is 29.1 Å². The summed E-state index contributed by atoms with van der Waals surface area (Å²) in [5.41, 5.74) is 1.38. The monoisotopic (exact) mass is 459 g/mol. The first kappa shape index (κ1) is 22.3. The molecule has 31 heavy (non-hydrogen) atoms. The van der Waals surface area contributed by atoms with Crippen LogP contribution in [0.2, 0.25) is 5.02 Å². The van der Waals surface area contributed by atoms with Gasteiger partial charge in [-0.2, -0.15) is 0 Å². The Morgan fingerprint density at radius 3 is 2.65 bits per heavy atom. The molecule has 7 heteroatoms. The van der Waals surface area contributed by atoms with E-state index < -0.39 is 0 Å². The van der Waals surface area contributed by atoms with Crippen LogP contribution in [0.5, 0.6) is 5.75 Å². The number of rotatable bonds is 9. The molecule has 5 nitrogen and oxygen atoms in total. The van der Waals surface area contributed by atoms with Crippen LogP contribution in [0.4, 0.5) is 0 Å². The van der Waals surface area contributed by atoms with E-state index in [0.29, 0.717) is 24.7 Å². The van der Waals surface area contributed by atoms with Gasteiger partial charge in [0.05, 0.1) is 18.5 Å². The van der Waals surface area contributed by atoms with Crippen molar-refractivity contribution in [3.05, 3.63) is 55.9 Å². The van der Waals surface area contributed by atoms with Gasteiger partial charge >= 0.3 is 0 Å². The highest BCUT2D eigenvalue weighted by molar-refractivity contribution is 7.18. The fraction of sp³-hybridized carbons (Fsp3) is 0.500. The summed E-state index contributed by atoms with van der Waals surface area (Å²) in [5.74, 6) is 1.66. The first-order chi connectivity index (χ1) is 15.1. The Morgan fingerprint density at radius 2 is 1.90 bits per heavy atom. The number of hydrogen-bond acceptors (Lipinski definition) is 5. The van der Waals surface area contributed by atoms with Crippen molar-refractivity contribution in [2.75, 3.05) is 19.7 Å². The number of nitrogens with zero attached hydrogens (tertiary/aromatic N) is 3. The van der Waals surface area contributed by atoms with Crippen molar-refractivity contribution in [1.29, 1.82) is 0 Å². The number of benzene rings is 1. The number of hydrogen-bond donors (Lipinski definition) is 0. The number of halogens is 1. The summed E-state index contributed by atoms with van der Waals surface area (Å²) < 4.78 is 7.74. The molecule has 1 aromatic carbocycles. The fourth-order valence-corrected chi connectivity index (χ4v) is 5.62. The first-order valence-corrected chi connectivity index (χ1v) is 12.4. The summed E-state index contributed by atoms with van der Waals surface area (Å²) in [4.78, 5) is 23.2. The van der Waals surface area contributed by atoms with Crippen LogP contribution in [0.3, 0.4) is 0 Å². The minimum absolute atomic E-state index is 0.123. The highest BCUT2D eigenvalue weighted by atomic mass is 35.5. The van der Waals surface area contributed by atoms with Gasteiger partial charge in [-0.25, -0.2) is 4.98 Å². The smallest absolute Gasteiger partial charge is 0.262 e. The number of fused-ring (bicyclic) bond motifs is 3. The molecular weight excluding hydrogens is 430 g/mol. The summed E-state index contributed by atoms with van der Waals surface area (Å²) in [6, 6.07) is 7.37. The Hall–Kier alpha value is -1.89. The average Bonchev–Trinajstić information content (AvgIpc) is 3.16. The van der Waals surface area contributed by atoms with E-state index in [2.05, 4.69) is 18.7 Å². The molecule has 4 rings (SSSR count). The molecule has 0 radical (unpaired) electrons. The molecule has 166 valence electrons. The van der Waals surface area contributed by atoms with Gasteiger partial charge in [-0.05, 0) is 75.0 Å². The van der Waals surface area contributed by atoms with E-state index in [1.54, 1.807) is 11.3 Å². The maximum atomic E-state index is 13.6. The third kappa shape index (κ3) is 4.97. The van der Waals surface area contributed by atoms with Crippen molar-refractivity contribution < 1.29 is 4.74 Å². The molecular formula is C24H30ClN3O2S. The molecule has 0 aliphatic heterocycles. The van der Waals surface area contributed by atoms with Gasteiger partial charge in [0.25, 0.3) is 5.56 Å². The van der Waals surface area contributed by atoms with Gasteiger partial charge in [0.2, 0.25) is 0 Å². The van der Waals surface area contributed by atoms with Crippen LogP contribution in [-0.2, 0) is 25.9 Å². The van der Waals surface area contributed by atoms with Crippen LogP contribution >= 0.6 is 22.9 Å². The lowest BCUT2D eigenvalue weighted by atomic mass is 9.97. The van der Waals surface area contributed by atoms with Crippen molar-refractivity contribution in [2.45, 2.75) is 59.0 Å². The molecule has 0 spiro atoms. The molecule has 2 heterocycles. The number of aryl methyl sites for hydroxylation is 2. The van der Waals surface area contributed by atoms with E-state index >= 15 is 0 Å². The predicted octanol–water partition coefficient (Wildman–Crippen LogP) is 5.30. The van der Waals surface area contributed by atoms with Gasteiger partial charge in [0.15, 0.2) is 0 Å². The Morgan fingerprint density at radius 1 is 1.16 bits per heavy atom. The molecule has 3 aromatic rings. The van der Waals surface area contributed by atoms with Gasteiger partial charge in [0, 0.05) is 16.4 Å². The zero-order valence-electron chi connectivity index (χ0n) is 18.3. The highest BCUT2D eigenvalue weighted by Gasteiger charge is 2.22. The minimum Gasteiger partial charge on any atom is -0.494 e. The maximum Gasteiger partial charge on any atom is 0.262 e. The second kappa shape index (κ2) is 10.2. The third-order valence-corrected chi connectivity index (χ3v) is 7.46. The third-order valence-electron chi connectivity index (χ3n) is 6.02. The lowest BCUT2D eigenvalue weighted by molar-refractivity contribution is 0.274. The lowest BCUT2D eigenvalue weighted by Crippen LogP contribution is -2.31. The predicted molar refractivity (Wildman–Crippen MR) is 129 cm³/mol. The summed E-state index contributed by atoms with van der Waals surface area (Å²) in [6.07, 6.45) is 5.20. The lowest BCUT2D eigenvalue weighted by Gasteiger charge is -2.20. The zero-order valence-corrected chi connectivity index (χ0v) is 19.9. The topological polar surface area (TPSA) is 47.4 Å². The second-order valence-corrected chi connectivity index (χ2v) is 9.51. The second-order valence-electron chi connectivity index (χ2n) is 7.99. The molecule has 0 bridgehead atoms. The minimum atomic E-state index is 0.123. The number of ether oxygens (including phenoxy) is 1. The molecule has 0 amide bonds. The number of aromatic nitrogens is 2. The van der Waals surface area contributed by atoms with Crippen LogP contribution in [0.1, 0.15) is 49.4 Å². The number of thiophene rings is 1. The molecule has 1 aliphatic carbocycles. The molecule has 0 fully saturated rings. The van der Waals surface area contributed by atoms with Gasteiger partial charge in [-0.3, -0.25) is 14.3 Å². The normalized spacial score (nSPS) is 13.7. The molecule has 0 unspecified atom stereocenters. The van der Waals surface area contributed by atoms with Gasteiger partial charge in [0.1, 0.15) is 16.4 Å². The summed E-state index contributed by atoms with van der Waals surface area (Å²) in [7, 11) is 0. The van der Waals surface area contributed by atoms with Gasteiger partial charge in [-0.1, -0.05) is 25.4 Å². The van der Waals surface area contributed by atoms with Crippen LogP contribution in [0.25, 0.3) is 10.2 Å². The van der Waals surface area contributed by atoms with Gasteiger partial charge in [-0.15, -0.1) is 11.3 Å². The SMILES string of the molecule is CCN(CC)Cc1nc2sc3c(c2c(=O)n1CCCOc1ccc(Cl)cc1)CCCC3. The Bertz CT molecular complexity index is 1090. The quantitative estimate of drug-likeness (QED) is 0.407. The molecule has 1 aliphatic rings. The molecule has 0 saturated heterocycles. The van der Waals surface area contributed by atoms with Crippen molar-refractivity contribution in [1.82, 2.24) is 14.5 Å². The Balaban J connectivity index is 1.59. The highest BCUT2D eigenvalue weighted by Crippen LogP contribution is 2.34. The van der Waals surface area contributed by atoms with Crippen LogP contribution in [-0.4, -0.2) is 34.1 Å². The molecule has 0 N–H and O–H groups in total.